The van der Waals surface area contributed by atoms with Gasteiger partial charge in [0.2, 0.25) is 0 Å². The van der Waals surface area contributed by atoms with Crippen molar-refractivity contribution in [3.8, 4) is 0 Å². The van der Waals surface area contributed by atoms with E-state index in [1.54, 1.807) is 6.20 Å². The zero-order chi connectivity index (χ0) is 4.41. The van der Waals surface area contributed by atoms with Crippen LogP contribution in [0.1, 0.15) is 0 Å². The molecule has 1 rings (SSSR count). The van der Waals surface area contributed by atoms with Crippen LogP contribution in [0.15, 0.2) is 12.3 Å². The Labute approximate surface area is 49.0 Å². The van der Waals surface area contributed by atoms with Crippen LogP contribution in [0.25, 0.3) is 0 Å². The van der Waals surface area contributed by atoms with Crippen LogP contribution in [-0.4, -0.2) is 32.7 Å². The molecule has 0 aliphatic rings. The van der Waals surface area contributed by atoms with Gasteiger partial charge in [-0.1, -0.05) is 0 Å². The van der Waals surface area contributed by atoms with Crippen molar-refractivity contribution in [3.05, 3.63) is 12.3 Å². The van der Waals surface area contributed by atoms with E-state index < -0.39 is 0 Å². The molecule has 0 spiro atoms. The van der Waals surface area contributed by atoms with Crippen LogP contribution in [0.5, 0.6) is 0 Å². The second-order valence-electron chi connectivity index (χ2n) is 1.01. The van der Waals surface area contributed by atoms with Gasteiger partial charge in [0.1, 0.15) is 0 Å². The number of nitrogens with one attached hydrogen (secondary N) is 1. The zero-order valence-electron chi connectivity index (χ0n) is 3.18. The Balaban J connectivity index is 3.05. The molecule has 0 aliphatic carbocycles. The van der Waals surface area contributed by atoms with Crippen molar-refractivity contribution >= 4 is 26.2 Å². The number of rotatable bonds is 0. The molecule has 2 nitrogen and oxygen atoms in total. The summed E-state index contributed by atoms with van der Waals surface area (Å²) in [6.07, 6.45) is 1.76. The fraction of sp³-hybridized carbons (Fsp3) is 0. The topological polar surface area (TPSA) is 28.7 Å². The van der Waals surface area contributed by atoms with Gasteiger partial charge < -0.3 is 0 Å². The van der Waals surface area contributed by atoms with E-state index in [2.05, 4.69) is 10.2 Å². The number of nitrogens with zero attached hydrogens (tertiary/aromatic N) is 1. The third kappa shape index (κ3) is 0.739. The van der Waals surface area contributed by atoms with E-state index in [4.69, 9.17) is 0 Å². The summed E-state index contributed by atoms with van der Waals surface area (Å²) in [5.41, 5.74) is 0. The SMILES string of the molecule is [SnH][c]1ccn[nH]1. The van der Waals surface area contributed by atoms with Crippen molar-refractivity contribution in [3.63, 3.8) is 0 Å². The molecule has 1 N–H and O–H groups in total. The molecule has 1 aromatic heterocycles. The van der Waals surface area contributed by atoms with Crippen molar-refractivity contribution < 1.29 is 0 Å². The van der Waals surface area contributed by atoms with Crippen LogP contribution in [0.2, 0.25) is 0 Å². The number of aromatic amines is 1. The molecule has 0 amide bonds. The minimum atomic E-state index is 1.13. The summed E-state index contributed by atoms with van der Waals surface area (Å²) in [4.78, 5) is 0. The first-order valence-corrected chi connectivity index (χ1v) is 3.29. The third-order valence-electron chi connectivity index (χ3n) is 0.522. The summed E-state index contributed by atoms with van der Waals surface area (Å²) >= 11 is 1.13. The van der Waals surface area contributed by atoms with Crippen LogP contribution in [0, 0.1) is 0 Å². The number of H-pyrrole nitrogens is 1. The molecule has 0 atom stereocenters. The number of hydrogen-bond donors (Lipinski definition) is 1. The Morgan fingerprint density at radius 3 is 2.83 bits per heavy atom. The summed E-state index contributed by atoms with van der Waals surface area (Å²) < 4.78 is 1.24. The van der Waals surface area contributed by atoms with Crippen molar-refractivity contribution in [2.45, 2.75) is 0 Å². The van der Waals surface area contributed by atoms with Crippen molar-refractivity contribution in [1.82, 2.24) is 10.2 Å². The van der Waals surface area contributed by atoms with E-state index in [-0.39, 0.29) is 0 Å². The molecule has 0 saturated carbocycles. The Kier molecular flexibility index (Phi) is 1.14. The first kappa shape index (κ1) is 4.18. The molecule has 0 aromatic carbocycles. The zero-order valence-corrected chi connectivity index (χ0v) is 6.47. The first-order valence-electron chi connectivity index (χ1n) is 1.64. The molecule has 0 unspecified atom stereocenters. The Hall–Kier alpha value is 0.00870. The fourth-order valence-electron chi connectivity index (χ4n) is 0.267. The molecule has 3 heteroatoms. The van der Waals surface area contributed by atoms with Crippen LogP contribution in [0.3, 0.4) is 0 Å². The molecule has 0 saturated heterocycles. The van der Waals surface area contributed by atoms with Gasteiger partial charge in [-0.05, 0) is 0 Å². The summed E-state index contributed by atoms with van der Waals surface area (Å²) in [6, 6.07) is 1.97. The third-order valence-corrected chi connectivity index (χ3v) is 1.44. The van der Waals surface area contributed by atoms with Crippen LogP contribution in [-0.2, 0) is 0 Å². The molecular formula is C3H4N2Sn. The van der Waals surface area contributed by atoms with Crippen molar-refractivity contribution in [1.29, 1.82) is 0 Å². The Morgan fingerprint density at radius 2 is 2.67 bits per heavy atom. The minimum absolute atomic E-state index is 1.13. The van der Waals surface area contributed by atoms with E-state index in [9.17, 15) is 0 Å². The summed E-state index contributed by atoms with van der Waals surface area (Å²) in [5, 5.41) is 6.54. The monoisotopic (exact) mass is 188 g/mol. The molecule has 1 heterocycles. The second-order valence-corrected chi connectivity index (χ2v) is 2.79. The number of aromatic nitrogens is 2. The predicted octanol–water partition coefficient (Wildman–Crippen LogP) is -1.06. The van der Waals surface area contributed by atoms with Gasteiger partial charge in [0.05, 0.1) is 0 Å². The molecule has 1 aromatic rings. The van der Waals surface area contributed by atoms with Gasteiger partial charge in [-0.3, -0.25) is 0 Å². The average molecular weight is 187 g/mol. The van der Waals surface area contributed by atoms with E-state index in [1.807, 2.05) is 6.07 Å². The fourth-order valence-corrected chi connectivity index (χ4v) is 0.725. The van der Waals surface area contributed by atoms with Crippen LogP contribution < -0.4 is 3.71 Å². The van der Waals surface area contributed by atoms with E-state index in [0.717, 1.165) is 22.5 Å². The van der Waals surface area contributed by atoms with Crippen LogP contribution >= 0.6 is 0 Å². The molecule has 0 fully saturated rings. The van der Waals surface area contributed by atoms with Gasteiger partial charge in [-0.25, -0.2) is 0 Å². The molecule has 0 aliphatic heterocycles. The van der Waals surface area contributed by atoms with Crippen molar-refractivity contribution in [2.24, 2.45) is 0 Å². The summed E-state index contributed by atoms with van der Waals surface area (Å²) in [5.74, 6) is 0. The molecule has 30 valence electrons. The molecule has 0 bridgehead atoms. The maximum atomic E-state index is 3.73. The van der Waals surface area contributed by atoms with Gasteiger partial charge in [-0.15, -0.1) is 0 Å². The summed E-state index contributed by atoms with van der Waals surface area (Å²) in [7, 11) is 0. The van der Waals surface area contributed by atoms with Gasteiger partial charge in [0.15, 0.2) is 0 Å². The standard InChI is InChI=1S/C3H3N2.Sn.H/c1-2-4-5-3-1;;/h1-2H,(H,4,5);;. The van der Waals surface area contributed by atoms with E-state index in [1.165, 1.54) is 3.71 Å². The van der Waals surface area contributed by atoms with Crippen molar-refractivity contribution in [2.75, 3.05) is 0 Å². The first-order chi connectivity index (χ1) is 2.89. The molecular weight excluding hydrogens is 183 g/mol. The van der Waals surface area contributed by atoms with Crippen LogP contribution in [0.4, 0.5) is 0 Å². The maximum absolute atomic E-state index is 3.73. The quantitative estimate of drug-likeness (QED) is 0.515. The van der Waals surface area contributed by atoms with Gasteiger partial charge >= 0.3 is 48.7 Å². The second kappa shape index (κ2) is 1.64. The predicted molar refractivity (Wildman–Crippen MR) is 25.4 cm³/mol. The molecule has 6 heavy (non-hydrogen) atoms. The number of hydrogen-bond acceptors (Lipinski definition) is 1. The van der Waals surface area contributed by atoms with E-state index >= 15 is 0 Å². The summed E-state index contributed by atoms with van der Waals surface area (Å²) in [6.45, 7) is 0. The van der Waals surface area contributed by atoms with E-state index in [0.29, 0.717) is 0 Å². The molecule has 2 radical (unpaired) electrons. The normalized spacial score (nSPS) is 8.83. The van der Waals surface area contributed by atoms with Gasteiger partial charge in [0, 0.05) is 0 Å². The van der Waals surface area contributed by atoms with Gasteiger partial charge in [-0.2, -0.15) is 0 Å². The average Bonchev–Trinajstić information content (AvgIpc) is 1.86. The van der Waals surface area contributed by atoms with Gasteiger partial charge in [0.25, 0.3) is 0 Å². The Bertz CT molecular complexity index is 112. The Morgan fingerprint density at radius 1 is 1.83 bits per heavy atom.